The number of aldehydes is 1. The van der Waals surface area contributed by atoms with Crippen molar-refractivity contribution in [3.05, 3.63) is 34.5 Å². The van der Waals surface area contributed by atoms with E-state index in [-0.39, 0.29) is 5.82 Å². The van der Waals surface area contributed by atoms with E-state index in [0.29, 0.717) is 17.2 Å². The van der Waals surface area contributed by atoms with E-state index in [1.165, 1.54) is 17.4 Å². The largest absolute Gasteiger partial charge is 0.298 e. The first-order chi connectivity index (χ1) is 6.22. The van der Waals surface area contributed by atoms with Crippen LogP contribution >= 0.6 is 11.3 Å². The number of hydrogen-bond donors (Lipinski definition) is 0. The van der Waals surface area contributed by atoms with Crippen LogP contribution in [-0.2, 0) is 0 Å². The molecule has 0 aliphatic carbocycles. The molecule has 0 unspecified atom stereocenters. The molecule has 1 aromatic carbocycles. The molecule has 1 aromatic heterocycles. The van der Waals surface area contributed by atoms with Gasteiger partial charge in [0.1, 0.15) is 5.82 Å². The van der Waals surface area contributed by atoms with Crippen LogP contribution in [0.25, 0.3) is 10.1 Å². The van der Waals surface area contributed by atoms with Gasteiger partial charge in [0.05, 0.1) is 0 Å². The lowest BCUT2D eigenvalue weighted by atomic mass is 10.1. The normalized spacial score (nSPS) is 10.6. The molecule has 0 saturated heterocycles. The zero-order valence-corrected chi connectivity index (χ0v) is 7.82. The van der Waals surface area contributed by atoms with Crippen LogP contribution < -0.4 is 0 Å². The van der Waals surface area contributed by atoms with Crippen molar-refractivity contribution in [1.29, 1.82) is 0 Å². The van der Waals surface area contributed by atoms with Crippen LogP contribution in [0.1, 0.15) is 15.9 Å². The molecule has 1 heterocycles. The Hall–Kier alpha value is -1.22. The van der Waals surface area contributed by atoms with Gasteiger partial charge in [-0.15, -0.1) is 11.3 Å². The predicted octanol–water partition coefficient (Wildman–Crippen LogP) is 3.16. The molecule has 0 N–H and O–H groups in total. The number of hydrogen-bond acceptors (Lipinski definition) is 2. The summed E-state index contributed by atoms with van der Waals surface area (Å²) in [5.74, 6) is -0.307. The molecule has 13 heavy (non-hydrogen) atoms. The number of carbonyl (C=O) groups is 1. The van der Waals surface area contributed by atoms with Gasteiger partial charge in [-0.3, -0.25) is 4.79 Å². The number of benzene rings is 1. The fraction of sp³-hybridized carbons (Fsp3) is 0.100. The molecular formula is C10H7FOS. The molecule has 0 amide bonds. The standard InChI is InChI=1S/C10H7FOS/c1-6-2-8(11)10-7(4-12)5-13-9(10)3-6/h2-5H,1H3. The quantitative estimate of drug-likeness (QED) is 0.637. The van der Waals surface area contributed by atoms with E-state index in [9.17, 15) is 9.18 Å². The lowest BCUT2D eigenvalue weighted by Gasteiger charge is -1.96. The second-order valence-corrected chi connectivity index (χ2v) is 3.84. The maximum Gasteiger partial charge on any atom is 0.151 e. The van der Waals surface area contributed by atoms with Crippen LogP contribution in [0.5, 0.6) is 0 Å². The van der Waals surface area contributed by atoms with Crippen LogP contribution in [0, 0.1) is 12.7 Å². The molecule has 0 atom stereocenters. The molecule has 1 nitrogen and oxygen atoms in total. The first-order valence-electron chi connectivity index (χ1n) is 3.85. The Morgan fingerprint density at radius 2 is 2.23 bits per heavy atom. The van der Waals surface area contributed by atoms with Crippen molar-refractivity contribution in [2.45, 2.75) is 6.92 Å². The van der Waals surface area contributed by atoms with E-state index in [1.54, 1.807) is 5.38 Å². The SMILES string of the molecule is Cc1cc(F)c2c(C=O)csc2c1. The molecule has 66 valence electrons. The summed E-state index contributed by atoms with van der Waals surface area (Å²) in [6.07, 6.45) is 0.692. The van der Waals surface area contributed by atoms with E-state index >= 15 is 0 Å². The fourth-order valence-electron chi connectivity index (χ4n) is 1.36. The Balaban J connectivity index is 2.89. The average molecular weight is 194 g/mol. The summed E-state index contributed by atoms with van der Waals surface area (Å²) < 4.78 is 14.2. The molecule has 2 rings (SSSR count). The van der Waals surface area contributed by atoms with E-state index in [2.05, 4.69) is 0 Å². The van der Waals surface area contributed by atoms with Crippen molar-refractivity contribution in [2.75, 3.05) is 0 Å². The van der Waals surface area contributed by atoms with Gasteiger partial charge in [-0.05, 0) is 24.6 Å². The minimum absolute atomic E-state index is 0.307. The number of aryl methyl sites for hydroxylation is 1. The van der Waals surface area contributed by atoms with E-state index in [4.69, 9.17) is 0 Å². The van der Waals surface area contributed by atoms with Gasteiger partial charge in [-0.1, -0.05) is 0 Å². The zero-order chi connectivity index (χ0) is 9.42. The van der Waals surface area contributed by atoms with Crippen LogP contribution in [0.15, 0.2) is 17.5 Å². The van der Waals surface area contributed by atoms with Gasteiger partial charge in [0.25, 0.3) is 0 Å². The van der Waals surface area contributed by atoms with Crippen LogP contribution in [0.3, 0.4) is 0 Å². The molecule has 0 aliphatic heterocycles. The van der Waals surface area contributed by atoms with Crippen molar-refractivity contribution in [2.24, 2.45) is 0 Å². The van der Waals surface area contributed by atoms with Crippen LogP contribution in [0.2, 0.25) is 0 Å². The summed E-state index contributed by atoms with van der Waals surface area (Å²) in [7, 11) is 0. The van der Waals surface area contributed by atoms with E-state index in [0.717, 1.165) is 10.3 Å². The highest BCUT2D eigenvalue weighted by atomic mass is 32.1. The third-order valence-electron chi connectivity index (χ3n) is 1.93. The van der Waals surface area contributed by atoms with Crippen molar-refractivity contribution in [3.8, 4) is 0 Å². The molecule has 0 aliphatic rings. The van der Waals surface area contributed by atoms with Gasteiger partial charge < -0.3 is 0 Å². The molecular weight excluding hydrogens is 187 g/mol. The molecule has 0 radical (unpaired) electrons. The van der Waals surface area contributed by atoms with Crippen molar-refractivity contribution < 1.29 is 9.18 Å². The summed E-state index contributed by atoms with van der Waals surface area (Å²) in [5.41, 5.74) is 1.32. The summed E-state index contributed by atoms with van der Waals surface area (Å²) in [6.45, 7) is 1.84. The van der Waals surface area contributed by atoms with Gasteiger partial charge in [0.15, 0.2) is 6.29 Å². The molecule has 2 aromatic rings. The highest BCUT2D eigenvalue weighted by molar-refractivity contribution is 7.17. The number of halogens is 1. The third-order valence-corrected chi connectivity index (χ3v) is 2.87. The minimum atomic E-state index is -0.307. The summed E-state index contributed by atoms with van der Waals surface area (Å²) >= 11 is 1.40. The smallest absolute Gasteiger partial charge is 0.151 e. The molecule has 0 bridgehead atoms. The molecule has 0 saturated carbocycles. The Morgan fingerprint density at radius 1 is 1.46 bits per heavy atom. The topological polar surface area (TPSA) is 17.1 Å². The first kappa shape index (κ1) is 8.38. The number of rotatable bonds is 1. The van der Waals surface area contributed by atoms with Crippen molar-refractivity contribution in [3.63, 3.8) is 0 Å². The van der Waals surface area contributed by atoms with Gasteiger partial charge in [-0.25, -0.2) is 4.39 Å². The molecule has 0 spiro atoms. The van der Waals surface area contributed by atoms with Gasteiger partial charge >= 0.3 is 0 Å². The van der Waals surface area contributed by atoms with Gasteiger partial charge in [0, 0.05) is 21.0 Å². The van der Waals surface area contributed by atoms with Crippen LogP contribution in [-0.4, -0.2) is 6.29 Å². The first-order valence-corrected chi connectivity index (χ1v) is 4.73. The van der Waals surface area contributed by atoms with Crippen molar-refractivity contribution >= 4 is 27.7 Å². The third kappa shape index (κ3) is 1.25. The molecule has 0 fully saturated rings. The Morgan fingerprint density at radius 3 is 2.92 bits per heavy atom. The second kappa shape index (κ2) is 2.92. The average Bonchev–Trinajstić information content (AvgIpc) is 2.47. The van der Waals surface area contributed by atoms with Gasteiger partial charge in [-0.2, -0.15) is 0 Å². The van der Waals surface area contributed by atoms with E-state index < -0.39 is 0 Å². The number of fused-ring (bicyclic) bond motifs is 1. The Bertz CT molecular complexity index is 473. The maximum absolute atomic E-state index is 13.4. The number of carbonyl (C=O) groups excluding carboxylic acids is 1. The lowest BCUT2D eigenvalue weighted by Crippen LogP contribution is -1.82. The number of thiophene rings is 1. The van der Waals surface area contributed by atoms with E-state index in [1.807, 2.05) is 13.0 Å². The van der Waals surface area contributed by atoms with Crippen molar-refractivity contribution in [1.82, 2.24) is 0 Å². The zero-order valence-electron chi connectivity index (χ0n) is 7.00. The highest BCUT2D eigenvalue weighted by Crippen LogP contribution is 2.28. The predicted molar refractivity (Wildman–Crippen MR) is 51.9 cm³/mol. The lowest BCUT2D eigenvalue weighted by molar-refractivity contribution is 0.112. The fourth-order valence-corrected chi connectivity index (χ4v) is 2.37. The highest BCUT2D eigenvalue weighted by Gasteiger charge is 2.08. The monoisotopic (exact) mass is 194 g/mol. The summed E-state index contributed by atoms with van der Waals surface area (Å²) in [5, 5.41) is 2.13. The molecule has 3 heteroatoms. The van der Waals surface area contributed by atoms with Crippen LogP contribution in [0.4, 0.5) is 4.39 Å². The minimum Gasteiger partial charge on any atom is -0.298 e. The summed E-state index contributed by atoms with van der Waals surface area (Å²) in [6, 6.07) is 3.33. The maximum atomic E-state index is 13.4. The summed E-state index contributed by atoms with van der Waals surface area (Å²) in [4.78, 5) is 10.6. The Kier molecular flexibility index (Phi) is 1.88. The van der Waals surface area contributed by atoms with Gasteiger partial charge in [0.2, 0.25) is 0 Å². The second-order valence-electron chi connectivity index (χ2n) is 2.93. The Labute approximate surface area is 78.8 Å².